The van der Waals surface area contributed by atoms with E-state index in [0.717, 1.165) is 25.4 Å². The highest BCUT2D eigenvalue weighted by molar-refractivity contribution is 5.04. The molecule has 2 rings (SSSR count). The fourth-order valence-corrected chi connectivity index (χ4v) is 2.26. The van der Waals surface area contributed by atoms with Gasteiger partial charge in [-0.25, -0.2) is 0 Å². The molecule has 84 valence electrons. The van der Waals surface area contributed by atoms with E-state index in [2.05, 4.69) is 22.0 Å². The number of nitrogens with zero attached hydrogens (tertiary/aromatic N) is 3. The maximum absolute atomic E-state index is 8.62. The van der Waals surface area contributed by atoms with Crippen LogP contribution in [0.2, 0.25) is 0 Å². The lowest BCUT2D eigenvalue weighted by Crippen LogP contribution is -2.34. The van der Waals surface area contributed by atoms with Crippen LogP contribution in [0.15, 0.2) is 24.4 Å². The summed E-state index contributed by atoms with van der Waals surface area (Å²) in [6.07, 6.45) is 5.33. The van der Waals surface area contributed by atoms with Gasteiger partial charge in [-0.1, -0.05) is 6.07 Å². The molecule has 0 aliphatic carbocycles. The second-order valence-electron chi connectivity index (χ2n) is 4.40. The summed E-state index contributed by atoms with van der Waals surface area (Å²) in [6.45, 7) is 2.70. The van der Waals surface area contributed by atoms with Crippen LogP contribution in [0, 0.1) is 17.2 Å². The first-order chi connectivity index (χ1) is 7.88. The number of hydrogen-bond donors (Lipinski definition) is 0. The molecule has 0 unspecified atom stereocenters. The van der Waals surface area contributed by atoms with Crippen LogP contribution in [0.5, 0.6) is 0 Å². The van der Waals surface area contributed by atoms with Crippen molar-refractivity contribution in [3.63, 3.8) is 0 Å². The zero-order chi connectivity index (χ0) is 11.2. The molecule has 1 saturated heterocycles. The molecule has 0 spiro atoms. The molecule has 0 N–H and O–H groups in total. The number of nitriles is 1. The minimum absolute atomic E-state index is 0.580. The van der Waals surface area contributed by atoms with Crippen molar-refractivity contribution in [3.05, 3.63) is 30.1 Å². The van der Waals surface area contributed by atoms with Crippen LogP contribution in [0.25, 0.3) is 0 Å². The summed E-state index contributed by atoms with van der Waals surface area (Å²) in [5.74, 6) is 0.741. The van der Waals surface area contributed by atoms with Gasteiger partial charge in [0.1, 0.15) is 0 Å². The minimum Gasteiger partial charge on any atom is -0.291 e. The van der Waals surface area contributed by atoms with E-state index >= 15 is 0 Å². The molecular formula is C13H17N3. The molecule has 1 aromatic rings. The number of likely N-dealkylation sites (tertiary alicyclic amines) is 1. The highest BCUT2D eigenvalue weighted by Gasteiger charge is 2.19. The topological polar surface area (TPSA) is 39.9 Å². The van der Waals surface area contributed by atoms with Gasteiger partial charge in [0.15, 0.2) is 0 Å². The van der Waals surface area contributed by atoms with E-state index in [-0.39, 0.29) is 0 Å². The van der Waals surface area contributed by atoms with Gasteiger partial charge in [0.25, 0.3) is 0 Å². The standard InChI is InChI=1S/C13H17N3/c14-6-10-16-8-4-12(5-9-16)11-13-3-1-2-7-15-13/h1-3,7,12H,4-5,8-11H2. The van der Waals surface area contributed by atoms with E-state index in [1.807, 2.05) is 18.3 Å². The van der Waals surface area contributed by atoms with E-state index in [1.165, 1.54) is 18.5 Å². The van der Waals surface area contributed by atoms with Gasteiger partial charge in [0, 0.05) is 11.9 Å². The largest absolute Gasteiger partial charge is 0.291 e. The lowest BCUT2D eigenvalue weighted by Gasteiger charge is -2.29. The van der Waals surface area contributed by atoms with Crippen molar-refractivity contribution in [1.29, 1.82) is 5.26 Å². The van der Waals surface area contributed by atoms with Crippen LogP contribution < -0.4 is 0 Å². The zero-order valence-electron chi connectivity index (χ0n) is 9.47. The average molecular weight is 215 g/mol. The molecule has 0 saturated carbocycles. The van der Waals surface area contributed by atoms with Gasteiger partial charge >= 0.3 is 0 Å². The quantitative estimate of drug-likeness (QED) is 0.722. The molecule has 3 nitrogen and oxygen atoms in total. The highest BCUT2D eigenvalue weighted by Crippen LogP contribution is 2.20. The first-order valence-electron chi connectivity index (χ1n) is 5.87. The van der Waals surface area contributed by atoms with E-state index in [9.17, 15) is 0 Å². The summed E-state index contributed by atoms with van der Waals surface area (Å²) in [4.78, 5) is 6.59. The fraction of sp³-hybridized carbons (Fsp3) is 0.538. The average Bonchev–Trinajstić information content (AvgIpc) is 2.33. The maximum atomic E-state index is 8.62. The van der Waals surface area contributed by atoms with Crippen LogP contribution in [-0.2, 0) is 6.42 Å². The number of rotatable bonds is 3. The van der Waals surface area contributed by atoms with Crippen LogP contribution in [0.4, 0.5) is 0 Å². The third-order valence-electron chi connectivity index (χ3n) is 3.23. The lowest BCUT2D eigenvalue weighted by atomic mass is 9.92. The molecule has 1 aliphatic heterocycles. The van der Waals surface area contributed by atoms with Gasteiger partial charge < -0.3 is 0 Å². The molecule has 0 radical (unpaired) electrons. The minimum atomic E-state index is 0.580. The third kappa shape index (κ3) is 3.04. The summed E-state index contributed by atoms with van der Waals surface area (Å²) >= 11 is 0. The number of aromatic nitrogens is 1. The summed E-state index contributed by atoms with van der Waals surface area (Å²) in [6, 6.07) is 8.32. The maximum Gasteiger partial charge on any atom is 0.0865 e. The monoisotopic (exact) mass is 215 g/mol. The van der Waals surface area contributed by atoms with E-state index < -0.39 is 0 Å². The Kier molecular flexibility index (Phi) is 3.90. The molecule has 2 heterocycles. The van der Waals surface area contributed by atoms with Gasteiger partial charge in [-0.05, 0) is 50.4 Å². The van der Waals surface area contributed by atoms with E-state index in [1.54, 1.807) is 0 Å². The first-order valence-corrected chi connectivity index (χ1v) is 5.87. The molecule has 1 aliphatic rings. The normalized spacial score (nSPS) is 18.2. The van der Waals surface area contributed by atoms with Gasteiger partial charge in [-0.15, -0.1) is 0 Å². The molecule has 1 fully saturated rings. The summed E-state index contributed by atoms with van der Waals surface area (Å²) in [5, 5.41) is 8.62. The Morgan fingerprint density at radius 1 is 1.38 bits per heavy atom. The van der Waals surface area contributed by atoms with Crippen molar-refractivity contribution in [2.24, 2.45) is 5.92 Å². The van der Waals surface area contributed by atoms with Gasteiger partial charge in [0.05, 0.1) is 12.6 Å². The molecule has 0 amide bonds. The number of hydrogen-bond acceptors (Lipinski definition) is 3. The van der Waals surface area contributed by atoms with Crippen LogP contribution in [0.3, 0.4) is 0 Å². The molecule has 1 aromatic heterocycles. The van der Waals surface area contributed by atoms with E-state index in [0.29, 0.717) is 6.54 Å². The molecule has 16 heavy (non-hydrogen) atoms. The van der Waals surface area contributed by atoms with Gasteiger partial charge in [0.2, 0.25) is 0 Å². The fourth-order valence-electron chi connectivity index (χ4n) is 2.26. The SMILES string of the molecule is N#CCN1CCC(Cc2ccccn2)CC1. The van der Waals surface area contributed by atoms with Crippen molar-refractivity contribution in [1.82, 2.24) is 9.88 Å². The Balaban J connectivity index is 1.80. The lowest BCUT2D eigenvalue weighted by molar-refractivity contribution is 0.201. The van der Waals surface area contributed by atoms with E-state index in [4.69, 9.17) is 5.26 Å². The predicted molar refractivity (Wildman–Crippen MR) is 62.7 cm³/mol. The molecule has 0 atom stereocenters. The van der Waals surface area contributed by atoms with Crippen LogP contribution in [0.1, 0.15) is 18.5 Å². The van der Waals surface area contributed by atoms with Crippen molar-refractivity contribution < 1.29 is 0 Å². The molecular weight excluding hydrogens is 198 g/mol. The second-order valence-corrected chi connectivity index (χ2v) is 4.40. The third-order valence-corrected chi connectivity index (χ3v) is 3.23. The van der Waals surface area contributed by atoms with Gasteiger partial charge in [-0.3, -0.25) is 9.88 Å². The summed E-state index contributed by atoms with van der Waals surface area (Å²) in [7, 11) is 0. The Hall–Kier alpha value is -1.40. The predicted octanol–water partition coefficient (Wildman–Crippen LogP) is 1.86. The number of pyridine rings is 1. The Morgan fingerprint density at radius 3 is 2.81 bits per heavy atom. The Labute approximate surface area is 96.7 Å². The highest BCUT2D eigenvalue weighted by atomic mass is 15.1. The summed E-state index contributed by atoms with van der Waals surface area (Å²) in [5.41, 5.74) is 1.20. The summed E-state index contributed by atoms with van der Waals surface area (Å²) < 4.78 is 0. The van der Waals surface area contributed by atoms with Crippen LogP contribution >= 0.6 is 0 Å². The molecule has 0 aromatic carbocycles. The Bertz CT molecular complexity index is 347. The number of piperidine rings is 1. The van der Waals surface area contributed by atoms with Gasteiger partial charge in [-0.2, -0.15) is 5.26 Å². The zero-order valence-corrected chi connectivity index (χ0v) is 9.47. The first kappa shape index (κ1) is 11.1. The second kappa shape index (κ2) is 5.62. The van der Waals surface area contributed by atoms with Crippen molar-refractivity contribution in [3.8, 4) is 6.07 Å². The molecule has 0 bridgehead atoms. The Morgan fingerprint density at radius 2 is 2.19 bits per heavy atom. The molecule has 3 heteroatoms. The smallest absolute Gasteiger partial charge is 0.0865 e. The van der Waals surface area contributed by atoms with Crippen LogP contribution in [-0.4, -0.2) is 29.5 Å². The van der Waals surface area contributed by atoms with Crippen molar-refractivity contribution in [2.75, 3.05) is 19.6 Å². The van der Waals surface area contributed by atoms with Crippen molar-refractivity contribution in [2.45, 2.75) is 19.3 Å². The van der Waals surface area contributed by atoms with Crippen molar-refractivity contribution >= 4 is 0 Å².